The maximum Gasteiger partial charge on any atom is 0.152 e. The van der Waals surface area contributed by atoms with Crippen LogP contribution in [0.3, 0.4) is 0 Å². The minimum absolute atomic E-state index is 0.0352. The zero-order chi connectivity index (χ0) is 13.9. The molecule has 0 saturated heterocycles. The molecule has 3 heteroatoms. The van der Waals surface area contributed by atoms with Gasteiger partial charge in [0, 0.05) is 16.6 Å². The molecule has 3 nitrogen and oxygen atoms in total. The highest BCUT2D eigenvalue weighted by molar-refractivity contribution is 5.84. The monoisotopic (exact) mass is 256 g/mol. The van der Waals surface area contributed by atoms with Crippen LogP contribution in [0.5, 0.6) is 0 Å². The number of carbonyl (C=O) groups is 1. The number of carbonyl (C=O) groups excluding carboxylic acids is 1. The molecular formula is C16H20N2O. The van der Waals surface area contributed by atoms with Crippen molar-refractivity contribution in [2.75, 3.05) is 6.54 Å². The highest BCUT2D eigenvalue weighted by Crippen LogP contribution is 2.12. The third-order valence-corrected chi connectivity index (χ3v) is 2.85. The molecule has 2 rings (SSSR count). The predicted octanol–water partition coefficient (Wildman–Crippen LogP) is 2.73. The molecule has 0 amide bonds. The SMILES string of the molecule is CC(C)(C)NCC(=O)Cc1ccc2ccccc2n1. The van der Waals surface area contributed by atoms with Crippen LogP contribution >= 0.6 is 0 Å². The molecule has 0 spiro atoms. The van der Waals surface area contributed by atoms with Crippen molar-refractivity contribution in [2.45, 2.75) is 32.7 Å². The molecule has 0 aliphatic rings. The van der Waals surface area contributed by atoms with Gasteiger partial charge < -0.3 is 5.32 Å². The van der Waals surface area contributed by atoms with Crippen molar-refractivity contribution in [3.8, 4) is 0 Å². The number of para-hydroxylation sites is 1. The maximum absolute atomic E-state index is 11.9. The molecule has 0 aliphatic carbocycles. The molecule has 0 radical (unpaired) electrons. The summed E-state index contributed by atoms with van der Waals surface area (Å²) in [6.45, 7) is 6.54. The number of fused-ring (bicyclic) bond motifs is 1. The third-order valence-electron chi connectivity index (χ3n) is 2.85. The van der Waals surface area contributed by atoms with E-state index in [0.29, 0.717) is 13.0 Å². The van der Waals surface area contributed by atoms with Gasteiger partial charge >= 0.3 is 0 Å². The molecule has 0 bridgehead atoms. The molecule has 0 unspecified atom stereocenters. The van der Waals surface area contributed by atoms with Gasteiger partial charge in [0.15, 0.2) is 5.78 Å². The minimum Gasteiger partial charge on any atom is -0.305 e. The van der Waals surface area contributed by atoms with E-state index in [4.69, 9.17) is 0 Å². The van der Waals surface area contributed by atoms with Crippen LogP contribution in [-0.2, 0) is 11.2 Å². The summed E-state index contributed by atoms with van der Waals surface area (Å²) in [5.74, 6) is 0.165. The van der Waals surface area contributed by atoms with Crippen molar-refractivity contribution >= 4 is 16.7 Å². The Labute approximate surface area is 114 Å². The van der Waals surface area contributed by atoms with Gasteiger partial charge in [0.25, 0.3) is 0 Å². The summed E-state index contributed by atoms with van der Waals surface area (Å²) in [5.41, 5.74) is 1.74. The second kappa shape index (κ2) is 5.49. The molecule has 0 fully saturated rings. The van der Waals surface area contributed by atoms with Crippen LogP contribution in [0.1, 0.15) is 26.5 Å². The van der Waals surface area contributed by atoms with Crippen molar-refractivity contribution in [1.82, 2.24) is 10.3 Å². The first-order chi connectivity index (χ1) is 8.94. The van der Waals surface area contributed by atoms with Crippen molar-refractivity contribution in [2.24, 2.45) is 0 Å². The first-order valence-corrected chi connectivity index (χ1v) is 6.55. The normalized spacial score (nSPS) is 11.7. The first kappa shape index (κ1) is 13.7. The number of benzene rings is 1. The van der Waals surface area contributed by atoms with E-state index in [2.05, 4.69) is 31.1 Å². The molecule has 2 aromatic rings. The van der Waals surface area contributed by atoms with E-state index in [-0.39, 0.29) is 11.3 Å². The first-order valence-electron chi connectivity index (χ1n) is 6.55. The second-order valence-corrected chi connectivity index (χ2v) is 5.81. The number of nitrogens with one attached hydrogen (secondary N) is 1. The Morgan fingerprint density at radius 1 is 1.16 bits per heavy atom. The Morgan fingerprint density at radius 3 is 2.63 bits per heavy atom. The zero-order valence-electron chi connectivity index (χ0n) is 11.7. The van der Waals surface area contributed by atoms with E-state index in [9.17, 15) is 4.79 Å². The lowest BCUT2D eigenvalue weighted by Crippen LogP contribution is -2.39. The van der Waals surface area contributed by atoms with Crippen molar-refractivity contribution < 1.29 is 4.79 Å². The number of ketones is 1. The van der Waals surface area contributed by atoms with Crippen LogP contribution in [0, 0.1) is 0 Å². The Kier molecular flexibility index (Phi) is 3.96. The van der Waals surface area contributed by atoms with Crippen LogP contribution < -0.4 is 5.32 Å². The van der Waals surface area contributed by atoms with Crippen LogP contribution in [-0.4, -0.2) is 22.9 Å². The lowest BCUT2D eigenvalue weighted by Gasteiger charge is -2.19. The predicted molar refractivity (Wildman–Crippen MR) is 78.2 cm³/mol. The van der Waals surface area contributed by atoms with Gasteiger partial charge in [0.1, 0.15) is 0 Å². The van der Waals surface area contributed by atoms with E-state index in [0.717, 1.165) is 16.6 Å². The zero-order valence-corrected chi connectivity index (χ0v) is 11.7. The van der Waals surface area contributed by atoms with E-state index in [1.807, 2.05) is 36.4 Å². The molecule has 1 aromatic carbocycles. The number of hydrogen-bond acceptors (Lipinski definition) is 3. The second-order valence-electron chi connectivity index (χ2n) is 5.81. The van der Waals surface area contributed by atoms with Gasteiger partial charge in [-0.2, -0.15) is 0 Å². The molecule has 0 saturated carbocycles. The molecule has 1 aromatic heterocycles. The van der Waals surface area contributed by atoms with E-state index in [1.165, 1.54) is 0 Å². The molecular weight excluding hydrogens is 236 g/mol. The van der Waals surface area contributed by atoms with Gasteiger partial charge in [0.05, 0.1) is 18.5 Å². The standard InChI is InChI=1S/C16H20N2O/c1-16(2,3)17-11-14(19)10-13-9-8-12-6-4-5-7-15(12)18-13/h4-9,17H,10-11H2,1-3H3. The topological polar surface area (TPSA) is 42.0 Å². The largest absolute Gasteiger partial charge is 0.305 e. The number of pyridine rings is 1. The molecule has 1 heterocycles. The Morgan fingerprint density at radius 2 is 1.89 bits per heavy atom. The quantitative estimate of drug-likeness (QED) is 0.914. The maximum atomic E-state index is 11.9. The minimum atomic E-state index is -0.0352. The molecule has 1 N–H and O–H groups in total. The number of nitrogens with zero attached hydrogens (tertiary/aromatic N) is 1. The van der Waals surface area contributed by atoms with Crippen LogP contribution in [0.2, 0.25) is 0 Å². The summed E-state index contributed by atoms with van der Waals surface area (Å²) in [7, 11) is 0. The summed E-state index contributed by atoms with van der Waals surface area (Å²) in [4.78, 5) is 16.4. The molecule has 0 aliphatic heterocycles. The smallest absolute Gasteiger partial charge is 0.152 e. The summed E-state index contributed by atoms with van der Waals surface area (Å²) < 4.78 is 0. The highest BCUT2D eigenvalue weighted by Gasteiger charge is 2.12. The van der Waals surface area contributed by atoms with Crippen LogP contribution in [0.25, 0.3) is 10.9 Å². The van der Waals surface area contributed by atoms with Crippen molar-refractivity contribution in [1.29, 1.82) is 0 Å². The summed E-state index contributed by atoms with van der Waals surface area (Å²) in [6, 6.07) is 11.9. The lowest BCUT2D eigenvalue weighted by atomic mass is 10.1. The summed E-state index contributed by atoms with van der Waals surface area (Å²) in [5, 5.41) is 4.30. The van der Waals surface area contributed by atoms with Crippen molar-refractivity contribution in [3.05, 3.63) is 42.1 Å². The third kappa shape index (κ3) is 4.14. The Balaban J connectivity index is 2.03. The van der Waals surface area contributed by atoms with Gasteiger partial charge in [-0.15, -0.1) is 0 Å². The Hall–Kier alpha value is -1.74. The van der Waals surface area contributed by atoms with Gasteiger partial charge in [0.2, 0.25) is 0 Å². The number of hydrogen-bond donors (Lipinski definition) is 1. The van der Waals surface area contributed by atoms with Crippen LogP contribution in [0.15, 0.2) is 36.4 Å². The Bertz CT molecular complexity index is 585. The number of aromatic nitrogens is 1. The van der Waals surface area contributed by atoms with Gasteiger partial charge in [-0.25, -0.2) is 0 Å². The van der Waals surface area contributed by atoms with Gasteiger partial charge in [-0.3, -0.25) is 9.78 Å². The average molecular weight is 256 g/mol. The molecule has 100 valence electrons. The summed E-state index contributed by atoms with van der Waals surface area (Å²) in [6.07, 6.45) is 0.383. The molecule has 0 atom stereocenters. The van der Waals surface area contributed by atoms with Crippen molar-refractivity contribution in [3.63, 3.8) is 0 Å². The van der Waals surface area contributed by atoms with E-state index in [1.54, 1.807) is 0 Å². The summed E-state index contributed by atoms with van der Waals surface area (Å²) >= 11 is 0. The van der Waals surface area contributed by atoms with E-state index < -0.39 is 0 Å². The molecule has 19 heavy (non-hydrogen) atoms. The average Bonchev–Trinajstić information content (AvgIpc) is 2.35. The number of rotatable bonds is 4. The fourth-order valence-electron chi connectivity index (χ4n) is 1.83. The fraction of sp³-hybridized carbons (Fsp3) is 0.375. The van der Waals surface area contributed by atoms with Crippen LogP contribution in [0.4, 0.5) is 0 Å². The highest BCUT2D eigenvalue weighted by atomic mass is 16.1. The number of Topliss-reactive ketones (excluding diaryl/α,β-unsaturated/α-hetero) is 1. The fourth-order valence-corrected chi connectivity index (χ4v) is 1.83. The van der Waals surface area contributed by atoms with E-state index >= 15 is 0 Å². The lowest BCUT2D eigenvalue weighted by molar-refractivity contribution is -0.117. The van der Waals surface area contributed by atoms with Gasteiger partial charge in [-0.05, 0) is 32.9 Å². The van der Waals surface area contributed by atoms with Gasteiger partial charge in [-0.1, -0.05) is 24.3 Å².